The van der Waals surface area contributed by atoms with Gasteiger partial charge in [-0.25, -0.2) is 9.61 Å². The van der Waals surface area contributed by atoms with Gasteiger partial charge in [0.2, 0.25) is 0 Å². The Morgan fingerprint density at radius 3 is 2.89 bits per heavy atom. The zero-order valence-electron chi connectivity index (χ0n) is 20.2. The summed E-state index contributed by atoms with van der Waals surface area (Å²) in [5, 5.41) is 13.7. The van der Waals surface area contributed by atoms with Crippen molar-refractivity contribution >= 4 is 39.1 Å². The minimum atomic E-state index is -0.278. The summed E-state index contributed by atoms with van der Waals surface area (Å²) in [6, 6.07) is 11.9. The van der Waals surface area contributed by atoms with Crippen molar-refractivity contribution in [2.45, 2.75) is 33.2 Å². The van der Waals surface area contributed by atoms with Gasteiger partial charge in [-0.3, -0.25) is 9.59 Å². The Morgan fingerprint density at radius 1 is 1.22 bits per heavy atom. The fourth-order valence-electron chi connectivity index (χ4n) is 4.48. The highest BCUT2D eigenvalue weighted by molar-refractivity contribution is 7.17. The van der Waals surface area contributed by atoms with E-state index in [0.717, 1.165) is 29.5 Å². The van der Waals surface area contributed by atoms with Gasteiger partial charge >= 0.3 is 5.97 Å². The number of aromatic nitrogens is 3. The van der Waals surface area contributed by atoms with Crippen LogP contribution in [0, 0.1) is 12.8 Å². The van der Waals surface area contributed by atoms with Crippen LogP contribution in [0.4, 0.5) is 5.82 Å². The number of fused-ring (bicyclic) bond motifs is 1. The fraction of sp³-hybridized carbons (Fsp3) is 0.346. The van der Waals surface area contributed by atoms with Gasteiger partial charge in [0.05, 0.1) is 30.3 Å². The Kier molecular flexibility index (Phi) is 6.95. The zero-order valence-corrected chi connectivity index (χ0v) is 21.0. The molecule has 4 heterocycles. The minimum Gasteiger partial charge on any atom is -0.466 e. The number of anilines is 1. The number of amides is 1. The standard InChI is InChI=1S/C26H27N5O4S/c1-3-34-26(33)17-7-6-12-31(14-17)24-19(25(32)27-13-22-16(2)29-35-30-22)10-11-21(28-24)20-15-36-23-9-5-4-8-18(20)23/h4-5,8-11,15,17H,3,6-7,12-14H2,1-2H3,(H,27,32)/t17-/m1/s1. The van der Waals surface area contributed by atoms with Crippen LogP contribution in [0.1, 0.15) is 41.5 Å². The van der Waals surface area contributed by atoms with Gasteiger partial charge < -0.3 is 15.0 Å². The van der Waals surface area contributed by atoms with Crippen molar-refractivity contribution in [3.8, 4) is 11.3 Å². The third-order valence-corrected chi connectivity index (χ3v) is 7.34. The molecule has 186 valence electrons. The summed E-state index contributed by atoms with van der Waals surface area (Å²) in [5.74, 6) is -0.183. The Hall–Kier alpha value is -3.79. The number of piperidine rings is 1. The van der Waals surface area contributed by atoms with Crippen molar-refractivity contribution < 1.29 is 19.0 Å². The number of benzene rings is 1. The molecule has 3 aromatic heterocycles. The van der Waals surface area contributed by atoms with Crippen molar-refractivity contribution in [3.05, 3.63) is 58.7 Å². The Bertz CT molecular complexity index is 1400. The van der Waals surface area contributed by atoms with E-state index in [2.05, 4.69) is 33.1 Å². The number of ether oxygens (including phenoxy) is 1. The van der Waals surface area contributed by atoms with Crippen LogP contribution >= 0.6 is 11.3 Å². The second-order valence-electron chi connectivity index (χ2n) is 8.73. The van der Waals surface area contributed by atoms with E-state index in [1.807, 2.05) is 30.0 Å². The lowest BCUT2D eigenvalue weighted by Gasteiger charge is -2.33. The Labute approximate surface area is 212 Å². The molecule has 36 heavy (non-hydrogen) atoms. The number of nitrogens with one attached hydrogen (secondary N) is 1. The van der Waals surface area contributed by atoms with Crippen molar-refractivity contribution in [2.75, 3.05) is 24.6 Å². The SMILES string of the molecule is CCOC(=O)[C@@H]1CCCN(c2nc(-c3csc4ccccc34)ccc2C(=O)NCc2nonc2C)C1. The summed E-state index contributed by atoms with van der Waals surface area (Å²) in [6.07, 6.45) is 1.56. The van der Waals surface area contributed by atoms with Gasteiger partial charge in [-0.1, -0.05) is 28.5 Å². The molecular formula is C26H27N5O4S. The molecule has 1 aromatic carbocycles. The lowest BCUT2D eigenvalue weighted by Crippen LogP contribution is -2.41. The van der Waals surface area contributed by atoms with Gasteiger partial charge in [0.1, 0.15) is 17.2 Å². The van der Waals surface area contributed by atoms with Crippen molar-refractivity contribution in [3.63, 3.8) is 0 Å². The van der Waals surface area contributed by atoms with Crippen molar-refractivity contribution in [2.24, 2.45) is 5.92 Å². The minimum absolute atomic E-state index is 0.190. The molecule has 4 aromatic rings. The normalized spacial score (nSPS) is 15.7. The largest absolute Gasteiger partial charge is 0.466 e. The summed E-state index contributed by atoms with van der Waals surface area (Å²) in [7, 11) is 0. The summed E-state index contributed by atoms with van der Waals surface area (Å²) in [6.45, 7) is 5.27. The quantitative estimate of drug-likeness (QED) is 0.369. The fourth-order valence-corrected chi connectivity index (χ4v) is 5.44. The molecule has 1 atom stereocenters. The lowest BCUT2D eigenvalue weighted by molar-refractivity contribution is -0.148. The predicted octanol–water partition coefficient (Wildman–Crippen LogP) is 4.36. The van der Waals surface area contributed by atoms with Gasteiger partial charge in [-0.15, -0.1) is 11.3 Å². The highest BCUT2D eigenvalue weighted by Gasteiger charge is 2.30. The first kappa shape index (κ1) is 23.9. The second-order valence-corrected chi connectivity index (χ2v) is 9.64. The second kappa shape index (κ2) is 10.4. The molecule has 0 radical (unpaired) electrons. The zero-order chi connectivity index (χ0) is 25.1. The number of aryl methyl sites for hydroxylation is 1. The van der Waals surface area contributed by atoms with Gasteiger partial charge in [0.25, 0.3) is 5.91 Å². The number of thiophene rings is 1. The smallest absolute Gasteiger partial charge is 0.310 e. The third kappa shape index (κ3) is 4.81. The van der Waals surface area contributed by atoms with E-state index in [1.54, 1.807) is 24.3 Å². The highest BCUT2D eigenvalue weighted by atomic mass is 32.1. The maximum Gasteiger partial charge on any atom is 0.310 e. The molecule has 0 saturated carbocycles. The number of rotatable bonds is 7. The first-order valence-electron chi connectivity index (χ1n) is 12.0. The summed E-state index contributed by atoms with van der Waals surface area (Å²) >= 11 is 1.66. The monoisotopic (exact) mass is 505 g/mol. The summed E-state index contributed by atoms with van der Waals surface area (Å²) < 4.78 is 11.2. The van der Waals surface area contributed by atoms with E-state index in [0.29, 0.717) is 42.5 Å². The molecule has 10 heteroatoms. The molecule has 5 rings (SSSR count). The number of hydrogen-bond acceptors (Lipinski definition) is 9. The number of nitrogens with zero attached hydrogens (tertiary/aromatic N) is 4. The predicted molar refractivity (Wildman–Crippen MR) is 137 cm³/mol. The van der Waals surface area contributed by atoms with Crippen LogP contribution in [-0.4, -0.2) is 46.9 Å². The van der Waals surface area contributed by atoms with Gasteiger partial charge in [0.15, 0.2) is 0 Å². The topological polar surface area (TPSA) is 110 Å². The molecule has 1 amide bonds. The molecule has 1 N–H and O–H groups in total. The van der Waals surface area contributed by atoms with E-state index in [4.69, 9.17) is 14.3 Å². The molecule has 1 fully saturated rings. The molecule has 1 aliphatic heterocycles. The van der Waals surface area contributed by atoms with Gasteiger partial charge in [0, 0.05) is 34.1 Å². The number of hydrogen-bond donors (Lipinski definition) is 1. The molecule has 0 unspecified atom stereocenters. The maximum atomic E-state index is 13.3. The van der Waals surface area contributed by atoms with E-state index < -0.39 is 0 Å². The first-order valence-corrected chi connectivity index (χ1v) is 12.9. The van der Waals surface area contributed by atoms with E-state index in [9.17, 15) is 9.59 Å². The van der Waals surface area contributed by atoms with Crippen LogP contribution in [0.5, 0.6) is 0 Å². The van der Waals surface area contributed by atoms with Crippen LogP contribution < -0.4 is 10.2 Å². The molecule has 0 spiro atoms. The van der Waals surface area contributed by atoms with Crippen LogP contribution in [0.25, 0.3) is 21.3 Å². The number of pyridine rings is 1. The average Bonchev–Trinajstić information content (AvgIpc) is 3.53. The lowest BCUT2D eigenvalue weighted by atomic mass is 9.97. The Morgan fingerprint density at radius 2 is 2.08 bits per heavy atom. The maximum absolute atomic E-state index is 13.3. The average molecular weight is 506 g/mol. The van der Waals surface area contributed by atoms with Crippen LogP contribution in [0.2, 0.25) is 0 Å². The van der Waals surface area contributed by atoms with Gasteiger partial charge in [-0.2, -0.15) is 0 Å². The molecule has 0 aliphatic carbocycles. The molecule has 9 nitrogen and oxygen atoms in total. The van der Waals surface area contributed by atoms with E-state index in [1.165, 1.54) is 4.70 Å². The first-order chi connectivity index (χ1) is 17.5. The number of esters is 1. The van der Waals surface area contributed by atoms with Crippen LogP contribution in [0.15, 0.2) is 46.4 Å². The molecule has 0 bridgehead atoms. The summed E-state index contributed by atoms with van der Waals surface area (Å²) in [4.78, 5) is 32.8. The van der Waals surface area contributed by atoms with Gasteiger partial charge in [-0.05, 0) is 44.9 Å². The van der Waals surface area contributed by atoms with Crippen molar-refractivity contribution in [1.29, 1.82) is 0 Å². The van der Waals surface area contributed by atoms with Crippen LogP contribution in [0.3, 0.4) is 0 Å². The van der Waals surface area contributed by atoms with Crippen molar-refractivity contribution in [1.82, 2.24) is 20.6 Å². The van der Waals surface area contributed by atoms with E-state index in [-0.39, 0.29) is 24.3 Å². The molecular weight excluding hydrogens is 478 g/mol. The number of carbonyl (C=O) groups is 2. The Balaban J connectivity index is 1.49. The molecule has 1 saturated heterocycles. The highest BCUT2D eigenvalue weighted by Crippen LogP contribution is 2.35. The third-order valence-electron chi connectivity index (χ3n) is 6.38. The number of carbonyl (C=O) groups excluding carboxylic acids is 2. The van der Waals surface area contributed by atoms with Crippen LogP contribution in [-0.2, 0) is 16.1 Å². The summed E-state index contributed by atoms with van der Waals surface area (Å²) in [5.41, 5.74) is 3.44. The molecule has 1 aliphatic rings. The van der Waals surface area contributed by atoms with E-state index >= 15 is 0 Å².